The molecule has 0 spiro atoms. The molecule has 7 heteroatoms. The summed E-state index contributed by atoms with van der Waals surface area (Å²) >= 11 is 1.35. The average molecular weight is 317 g/mol. The lowest BCUT2D eigenvalue weighted by Crippen LogP contribution is -2.41. The Hall–Kier alpha value is -1.26. The molecule has 1 aromatic heterocycles. The summed E-state index contributed by atoms with van der Waals surface area (Å²) in [4.78, 5) is 3.79. The molecule has 116 valence electrons. The second-order valence-electron chi connectivity index (χ2n) is 4.85. The van der Waals surface area contributed by atoms with Crippen molar-refractivity contribution in [3.8, 4) is 6.07 Å². The zero-order valence-corrected chi connectivity index (χ0v) is 12.8. The number of hydrogen-bond donors (Lipinski definition) is 1. The van der Waals surface area contributed by atoms with Gasteiger partial charge in [-0.15, -0.1) is 11.8 Å². The molecule has 1 unspecified atom stereocenters. The zero-order chi connectivity index (χ0) is 15.9. The molecule has 0 aromatic carbocycles. The quantitative estimate of drug-likeness (QED) is 0.776. The summed E-state index contributed by atoms with van der Waals surface area (Å²) in [5, 5.41) is 12.9. The minimum absolute atomic E-state index is 0.527. The molecule has 0 saturated carbocycles. The van der Waals surface area contributed by atoms with E-state index in [4.69, 9.17) is 0 Å². The Morgan fingerprint density at radius 3 is 2.57 bits per heavy atom. The van der Waals surface area contributed by atoms with Crippen LogP contribution >= 0.6 is 11.8 Å². The first-order chi connectivity index (χ1) is 9.80. The molecule has 0 radical (unpaired) electrons. The van der Waals surface area contributed by atoms with Gasteiger partial charge >= 0.3 is 6.18 Å². The minimum Gasteiger partial charge on any atom is -0.300 e. The van der Waals surface area contributed by atoms with Crippen LogP contribution in [0.25, 0.3) is 0 Å². The second-order valence-corrected chi connectivity index (χ2v) is 5.97. The number of thioether (sulfide) groups is 1. The van der Waals surface area contributed by atoms with E-state index in [0.29, 0.717) is 17.2 Å². The van der Waals surface area contributed by atoms with E-state index < -0.39 is 17.3 Å². The van der Waals surface area contributed by atoms with Crippen LogP contribution in [0.2, 0.25) is 0 Å². The molecule has 1 aromatic rings. The number of pyridine rings is 1. The van der Waals surface area contributed by atoms with Crippen molar-refractivity contribution in [2.45, 2.75) is 43.4 Å². The lowest BCUT2D eigenvalue weighted by Gasteiger charge is -2.22. The smallest absolute Gasteiger partial charge is 0.300 e. The summed E-state index contributed by atoms with van der Waals surface area (Å²) in [5.41, 5.74) is -1.37. The number of nitrogens with zero attached hydrogens (tertiary/aromatic N) is 2. The Balaban J connectivity index is 2.50. The molecule has 1 N–H and O–H groups in total. The van der Waals surface area contributed by atoms with Crippen molar-refractivity contribution in [3.05, 3.63) is 23.9 Å². The largest absolute Gasteiger partial charge is 0.417 e. The number of nitrogens with one attached hydrogen (secondary N) is 1. The van der Waals surface area contributed by atoms with Crippen molar-refractivity contribution in [3.63, 3.8) is 0 Å². The number of halogens is 3. The number of nitriles is 1. The first-order valence-electron chi connectivity index (χ1n) is 6.63. The maximum absolute atomic E-state index is 12.4. The van der Waals surface area contributed by atoms with Crippen molar-refractivity contribution in [1.29, 1.82) is 5.26 Å². The van der Waals surface area contributed by atoms with Crippen LogP contribution in [0.4, 0.5) is 13.2 Å². The topological polar surface area (TPSA) is 48.7 Å². The van der Waals surface area contributed by atoms with Crippen LogP contribution in [-0.4, -0.2) is 22.8 Å². The fourth-order valence-electron chi connectivity index (χ4n) is 1.58. The molecule has 0 amide bonds. The SMILES string of the molecule is CCCNC(C)(C#N)CCSc1ccc(C(F)(F)F)cn1. The van der Waals surface area contributed by atoms with Gasteiger partial charge in [-0.05, 0) is 38.4 Å². The number of hydrogen-bond acceptors (Lipinski definition) is 4. The van der Waals surface area contributed by atoms with E-state index in [-0.39, 0.29) is 0 Å². The molecule has 0 bridgehead atoms. The van der Waals surface area contributed by atoms with Crippen LogP contribution in [0.15, 0.2) is 23.4 Å². The van der Waals surface area contributed by atoms with Gasteiger partial charge in [0.1, 0.15) is 5.54 Å². The van der Waals surface area contributed by atoms with Gasteiger partial charge in [0.15, 0.2) is 0 Å². The Kier molecular flexibility index (Phi) is 6.49. The summed E-state index contributed by atoms with van der Waals surface area (Å²) < 4.78 is 37.2. The van der Waals surface area contributed by atoms with Gasteiger partial charge in [0.25, 0.3) is 0 Å². The van der Waals surface area contributed by atoms with E-state index in [1.54, 1.807) is 0 Å². The van der Waals surface area contributed by atoms with Crippen molar-refractivity contribution in [2.75, 3.05) is 12.3 Å². The molecule has 1 heterocycles. The van der Waals surface area contributed by atoms with E-state index in [9.17, 15) is 18.4 Å². The normalized spacial score (nSPS) is 14.5. The lowest BCUT2D eigenvalue weighted by atomic mass is 10.0. The average Bonchev–Trinajstić information content (AvgIpc) is 2.45. The maximum atomic E-state index is 12.4. The highest BCUT2D eigenvalue weighted by molar-refractivity contribution is 7.99. The van der Waals surface area contributed by atoms with Crippen LogP contribution in [0.1, 0.15) is 32.3 Å². The maximum Gasteiger partial charge on any atom is 0.417 e. The van der Waals surface area contributed by atoms with E-state index in [1.807, 2.05) is 13.8 Å². The second kappa shape index (κ2) is 7.66. The van der Waals surface area contributed by atoms with Gasteiger partial charge in [-0.1, -0.05) is 6.92 Å². The Bertz CT molecular complexity index is 482. The summed E-state index contributed by atoms with van der Waals surface area (Å²) in [7, 11) is 0. The Morgan fingerprint density at radius 1 is 1.38 bits per heavy atom. The summed E-state index contributed by atoms with van der Waals surface area (Å²) in [5.74, 6) is 0.610. The molecule has 21 heavy (non-hydrogen) atoms. The Morgan fingerprint density at radius 2 is 2.10 bits per heavy atom. The van der Waals surface area contributed by atoms with Gasteiger partial charge in [-0.25, -0.2) is 4.98 Å². The summed E-state index contributed by atoms with van der Waals surface area (Å²) in [6.45, 7) is 4.60. The van der Waals surface area contributed by atoms with E-state index in [1.165, 1.54) is 17.8 Å². The van der Waals surface area contributed by atoms with Crippen LogP contribution in [-0.2, 0) is 6.18 Å². The van der Waals surface area contributed by atoms with Gasteiger partial charge in [-0.2, -0.15) is 18.4 Å². The predicted octanol–water partition coefficient (Wildman–Crippen LogP) is 3.86. The van der Waals surface area contributed by atoms with Gasteiger partial charge in [-0.3, -0.25) is 5.32 Å². The fraction of sp³-hybridized carbons (Fsp3) is 0.571. The van der Waals surface area contributed by atoms with Crippen molar-refractivity contribution < 1.29 is 13.2 Å². The third kappa shape index (κ3) is 5.94. The van der Waals surface area contributed by atoms with Crippen LogP contribution in [0.5, 0.6) is 0 Å². The standard InChI is InChI=1S/C14H18F3N3S/c1-3-7-20-13(2,10-18)6-8-21-12-5-4-11(9-19-12)14(15,16)17/h4-5,9,20H,3,6-8H2,1-2H3. The zero-order valence-electron chi connectivity index (χ0n) is 12.0. The minimum atomic E-state index is -4.36. The number of aromatic nitrogens is 1. The van der Waals surface area contributed by atoms with Gasteiger partial charge in [0.05, 0.1) is 16.7 Å². The van der Waals surface area contributed by atoms with E-state index in [2.05, 4.69) is 16.4 Å². The molecule has 3 nitrogen and oxygen atoms in total. The highest BCUT2D eigenvalue weighted by atomic mass is 32.2. The molecule has 0 saturated heterocycles. The first-order valence-corrected chi connectivity index (χ1v) is 7.61. The monoisotopic (exact) mass is 317 g/mol. The highest BCUT2D eigenvalue weighted by Gasteiger charge is 2.30. The van der Waals surface area contributed by atoms with Crippen LogP contribution in [0.3, 0.4) is 0 Å². The molecule has 1 atom stereocenters. The molecule has 0 fully saturated rings. The Labute approximate surface area is 126 Å². The van der Waals surface area contributed by atoms with Gasteiger partial charge in [0.2, 0.25) is 0 Å². The first kappa shape index (κ1) is 17.8. The van der Waals surface area contributed by atoms with Gasteiger partial charge in [0, 0.05) is 11.9 Å². The number of rotatable bonds is 7. The summed E-state index contributed by atoms with van der Waals surface area (Å²) in [6.07, 6.45) is -2.00. The molecule has 1 rings (SSSR count). The molecule has 0 aliphatic carbocycles. The molecular weight excluding hydrogens is 299 g/mol. The van der Waals surface area contributed by atoms with Crippen molar-refractivity contribution in [2.24, 2.45) is 0 Å². The fourth-order valence-corrected chi connectivity index (χ4v) is 2.59. The molecular formula is C14H18F3N3S. The van der Waals surface area contributed by atoms with Crippen LogP contribution < -0.4 is 5.32 Å². The van der Waals surface area contributed by atoms with Crippen molar-refractivity contribution in [1.82, 2.24) is 10.3 Å². The molecule has 0 aliphatic rings. The molecule has 0 aliphatic heterocycles. The van der Waals surface area contributed by atoms with Crippen LogP contribution in [0, 0.1) is 11.3 Å². The third-order valence-electron chi connectivity index (χ3n) is 2.93. The summed E-state index contributed by atoms with van der Waals surface area (Å²) in [6, 6.07) is 4.61. The van der Waals surface area contributed by atoms with Crippen molar-refractivity contribution >= 4 is 11.8 Å². The lowest BCUT2D eigenvalue weighted by molar-refractivity contribution is -0.137. The van der Waals surface area contributed by atoms with Gasteiger partial charge < -0.3 is 0 Å². The number of alkyl halides is 3. The predicted molar refractivity (Wildman–Crippen MR) is 76.9 cm³/mol. The van der Waals surface area contributed by atoms with E-state index in [0.717, 1.165) is 25.2 Å². The van der Waals surface area contributed by atoms with E-state index >= 15 is 0 Å². The highest BCUT2D eigenvalue weighted by Crippen LogP contribution is 2.29. The third-order valence-corrected chi connectivity index (χ3v) is 3.87.